The van der Waals surface area contributed by atoms with Gasteiger partial charge in [0.2, 0.25) is 0 Å². The first-order chi connectivity index (χ1) is 9.15. The fourth-order valence-electron chi connectivity index (χ4n) is 1.55. The van der Waals surface area contributed by atoms with Crippen LogP contribution in [-0.4, -0.2) is 16.5 Å². The molecule has 0 saturated heterocycles. The molecule has 0 radical (unpaired) electrons. The molecule has 98 valence electrons. The van der Waals surface area contributed by atoms with E-state index in [1.807, 2.05) is 30.3 Å². The summed E-state index contributed by atoms with van der Waals surface area (Å²) in [4.78, 5) is 16.9. The Morgan fingerprint density at radius 2 is 2.11 bits per heavy atom. The van der Waals surface area contributed by atoms with Crippen molar-refractivity contribution in [3.05, 3.63) is 57.8 Å². The second kappa shape index (κ2) is 7.08. The van der Waals surface area contributed by atoms with Gasteiger partial charge in [0.25, 0.3) is 0 Å². The van der Waals surface area contributed by atoms with E-state index in [9.17, 15) is 4.79 Å². The average Bonchev–Trinajstić information content (AvgIpc) is 2.38. The van der Waals surface area contributed by atoms with E-state index in [2.05, 4.69) is 20.9 Å². The van der Waals surface area contributed by atoms with Crippen LogP contribution in [0.4, 0.5) is 0 Å². The maximum Gasteiger partial charge on any atom is 0.147 e. The topological polar surface area (TPSA) is 30.0 Å². The van der Waals surface area contributed by atoms with Crippen LogP contribution in [0.1, 0.15) is 5.56 Å². The van der Waals surface area contributed by atoms with E-state index in [1.54, 1.807) is 12.4 Å². The van der Waals surface area contributed by atoms with Gasteiger partial charge in [-0.3, -0.25) is 9.78 Å². The van der Waals surface area contributed by atoms with Crippen molar-refractivity contribution < 1.29 is 4.79 Å². The lowest BCUT2D eigenvalue weighted by atomic mass is 10.2. The van der Waals surface area contributed by atoms with Gasteiger partial charge in [-0.25, -0.2) is 0 Å². The molecule has 0 aliphatic rings. The first-order valence-corrected chi connectivity index (χ1v) is 7.79. The van der Waals surface area contributed by atoms with Crippen molar-refractivity contribution in [1.29, 1.82) is 0 Å². The van der Waals surface area contributed by atoms with Crippen LogP contribution in [-0.2, 0) is 11.2 Å². The minimum absolute atomic E-state index is 0.157. The standard InChI is InChI=1S/C14H11BrClNOS/c15-11-5-10(7-17-8-11)6-12(18)9-19-14-4-2-1-3-13(14)16/h1-5,7-8H,6,9H2. The number of halogens is 2. The zero-order chi connectivity index (χ0) is 13.7. The second-order valence-corrected chi connectivity index (χ2v) is 6.29. The number of hydrogen-bond acceptors (Lipinski definition) is 3. The SMILES string of the molecule is O=C(CSc1ccccc1Cl)Cc1cncc(Br)c1. The van der Waals surface area contributed by atoms with Crippen molar-refractivity contribution in [2.75, 3.05) is 5.75 Å². The number of nitrogens with zero attached hydrogens (tertiary/aromatic N) is 1. The number of aromatic nitrogens is 1. The van der Waals surface area contributed by atoms with Crippen molar-refractivity contribution in [2.45, 2.75) is 11.3 Å². The van der Waals surface area contributed by atoms with Crippen LogP contribution in [0.25, 0.3) is 0 Å². The first kappa shape index (κ1) is 14.6. The number of pyridine rings is 1. The molecule has 0 aliphatic carbocycles. The monoisotopic (exact) mass is 355 g/mol. The Morgan fingerprint density at radius 3 is 2.84 bits per heavy atom. The molecule has 0 fully saturated rings. The second-order valence-electron chi connectivity index (χ2n) is 3.95. The van der Waals surface area contributed by atoms with E-state index in [0.29, 0.717) is 17.2 Å². The van der Waals surface area contributed by atoms with Gasteiger partial charge in [0.1, 0.15) is 5.78 Å². The van der Waals surface area contributed by atoms with Gasteiger partial charge in [0, 0.05) is 28.2 Å². The molecular weight excluding hydrogens is 346 g/mol. The van der Waals surface area contributed by atoms with Gasteiger partial charge in [-0.2, -0.15) is 0 Å². The van der Waals surface area contributed by atoms with Crippen molar-refractivity contribution >= 4 is 45.1 Å². The largest absolute Gasteiger partial charge is 0.298 e. The van der Waals surface area contributed by atoms with Crippen LogP contribution >= 0.6 is 39.3 Å². The Kier molecular flexibility index (Phi) is 5.43. The fraction of sp³-hybridized carbons (Fsp3) is 0.143. The predicted octanol–water partition coefficient (Wildman–Crippen LogP) is 4.40. The number of ketones is 1. The van der Waals surface area contributed by atoms with Crippen LogP contribution in [0.5, 0.6) is 0 Å². The molecule has 0 atom stereocenters. The summed E-state index contributed by atoms with van der Waals surface area (Å²) in [6.45, 7) is 0. The predicted molar refractivity (Wildman–Crippen MR) is 82.8 cm³/mol. The molecule has 2 nitrogen and oxygen atoms in total. The highest BCUT2D eigenvalue weighted by Gasteiger charge is 2.07. The molecule has 2 rings (SSSR count). The summed E-state index contributed by atoms with van der Waals surface area (Å²) in [6, 6.07) is 9.44. The third-order valence-corrected chi connectivity index (χ3v) is 4.40. The smallest absolute Gasteiger partial charge is 0.147 e. The summed E-state index contributed by atoms with van der Waals surface area (Å²) < 4.78 is 0.886. The molecule has 2 aromatic rings. The first-order valence-electron chi connectivity index (χ1n) is 5.63. The Morgan fingerprint density at radius 1 is 1.32 bits per heavy atom. The van der Waals surface area contributed by atoms with E-state index < -0.39 is 0 Å². The van der Waals surface area contributed by atoms with Gasteiger partial charge in [-0.1, -0.05) is 23.7 Å². The molecule has 0 aliphatic heterocycles. The zero-order valence-corrected chi connectivity index (χ0v) is 13.1. The van der Waals surface area contributed by atoms with Gasteiger partial charge in [0.15, 0.2) is 0 Å². The van der Waals surface area contributed by atoms with Crippen molar-refractivity contribution in [3.8, 4) is 0 Å². The quantitative estimate of drug-likeness (QED) is 0.744. The third-order valence-electron chi connectivity index (χ3n) is 2.39. The van der Waals surface area contributed by atoms with Crippen LogP contribution < -0.4 is 0 Å². The van der Waals surface area contributed by atoms with Crippen molar-refractivity contribution in [1.82, 2.24) is 4.98 Å². The fourth-order valence-corrected chi connectivity index (χ4v) is 3.06. The zero-order valence-electron chi connectivity index (χ0n) is 9.98. The number of Topliss-reactive ketones (excluding diaryl/α,β-unsaturated/α-hetero) is 1. The van der Waals surface area contributed by atoms with Crippen LogP contribution in [0, 0.1) is 0 Å². The van der Waals surface area contributed by atoms with Crippen LogP contribution in [0.3, 0.4) is 0 Å². The molecular formula is C14H11BrClNOS. The number of hydrogen-bond donors (Lipinski definition) is 0. The summed E-state index contributed by atoms with van der Waals surface area (Å²) in [5, 5.41) is 0.685. The summed E-state index contributed by atoms with van der Waals surface area (Å²) in [5.74, 6) is 0.570. The van der Waals surface area contributed by atoms with Gasteiger partial charge in [0.05, 0.1) is 10.8 Å². The molecule has 1 aromatic carbocycles. The molecule has 19 heavy (non-hydrogen) atoms. The molecule has 0 saturated carbocycles. The minimum atomic E-state index is 0.157. The number of carbonyl (C=O) groups excluding carboxylic acids is 1. The molecule has 0 bridgehead atoms. The third kappa shape index (κ3) is 4.64. The highest BCUT2D eigenvalue weighted by atomic mass is 79.9. The van der Waals surface area contributed by atoms with E-state index in [1.165, 1.54) is 11.8 Å². The summed E-state index contributed by atoms with van der Waals surface area (Å²) in [7, 11) is 0. The average molecular weight is 357 g/mol. The molecule has 1 heterocycles. The maximum absolute atomic E-state index is 11.9. The van der Waals surface area contributed by atoms with Gasteiger partial charge in [-0.05, 0) is 39.7 Å². The van der Waals surface area contributed by atoms with E-state index in [4.69, 9.17) is 11.6 Å². The maximum atomic E-state index is 11.9. The van der Waals surface area contributed by atoms with Gasteiger partial charge in [-0.15, -0.1) is 11.8 Å². The molecule has 0 N–H and O–H groups in total. The van der Waals surface area contributed by atoms with Crippen LogP contribution in [0.15, 0.2) is 52.1 Å². The number of rotatable bonds is 5. The summed E-state index contributed by atoms with van der Waals surface area (Å²) in [5.41, 5.74) is 0.916. The highest BCUT2D eigenvalue weighted by Crippen LogP contribution is 2.26. The molecule has 0 unspecified atom stereocenters. The van der Waals surface area contributed by atoms with Gasteiger partial charge < -0.3 is 0 Å². The Balaban J connectivity index is 1.90. The Hall–Kier alpha value is -0.840. The van der Waals surface area contributed by atoms with Gasteiger partial charge >= 0.3 is 0 Å². The summed E-state index contributed by atoms with van der Waals surface area (Å²) in [6.07, 6.45) is 3.80. The number of thioether (sulfide) groups is 1. The molecule has 5 heteroatoms. The number of carbonyl (C=O) groups is 1. The van der Waals surface area contributed by atoms with E-state index in [-0.39, 0.29) is 5.78 Å². The normalized spacial score (nSPS) is 10.4. The Labute approximate surface area is 129 Å². The van der Waals surface area contributed by atoms with E-state index in [0.717, 1.165) is 14.9 Å². The van der Waals surface area contributed by atoms with Crippen molar-refractivity contribution in [2.24, 2.45) is 0 Å². The molecule has 0 spiro atoms. The van der Waals surface area contributed by atoms with Crippen LogP contribution in [0.2, 0.25) is 5.02 Å². The molecule has 1 aromatic heterocycles. The van der Waals surface area contributed by atoms with Crippen molar-refractivity contribution in [3.63, 3.8) is 0 Å². The minimum Gasteiger partial charge on any atom is -0.298 e. The molecule has 0 amide bonds. The lowest BCUT2D eigenvalue weighted by Crippen LogP contribution is -2.06. The lowest BCUT2D eigenvalue weighted by Gasteiger charge is -2.04. The van der Waals surface area contributed by atoms with E-state index >= 15 is 0 Å². The summed E-state index contributed by atoms with van der Waals surface area (Å²) >= 11 is 10.8. The lowest BCUT2D eigenvalue weighted by molar-refractivity contribution is -0.116. The Bertz CT molecular complexity index is 591. The highest BCUT2D eigenvalue weighted by molar-refractivity contribution is 9.10. The number of benzene rings is 1.